The minimum atomic E-state index is -1.05. The Morgan fingerprint density at radius 2 is 1.95 bits per heavy atom. The second-order valence-electron chi connectivity index (χ2n) is 6.73. The molecule has 0 aliphatic carbocycles. The van der Waals surface area contributed by atoms with Crippen LogP contribution in [0.3, 0.4) is 0 Å². The van der Waals surface area contributed by atoms with E-state index in [0.717, 1.165) is 18.2 Å². The number of carboxylic acid groups (broad SMARTS) is 1. The fourth-order valence-corrected chi connectivity index (χ4v) is 2.15. The van der Waals surface area contributed by atoms with Crippen molar-refractivity contribution in [3.8, 4) is 0 Å². The summed E-state index contributed by atoms with van der Waals surface area (Å²) in [6.07, 6.45) is 3.28. The van der Waals surface area contributed by atoms with Gasteiger partial charge in [0.25, 0.3) is 5.56 Å². The average molecular weight is 291 g/mol. The van der Waals surface area contributed by atoms with Gasteiger partial charge in [-0.2, -0.15) is 0 Å². The van der Waals surface area contributed by atoms with Crippen molar-refractivity contribution in [2.45, 2.75) is 53.0 Å². The van der Waals surface area contributed by atoms with Crippen LogP contribution in [-0.2, 0) is 16.8 Å². The van der Waals surface area contributed by atoms with E-state index in [1.807, 2.05) is 6.07 Å². The Balaban J connectivity index is 3.34. The highest BCUT2D eigenvalue weighted by Gasteiger charge is 2.19. The lowest BCUT2D eigenvalue weighted by molar-refractivity contribution is -0.131. The van der Waals surface area contributed by atoms with Crippen LogP contribution in [0.5, 0.6) is 0 Å². The van der Waals surface area contributed by atoms with Crippen LogP contribution in [0.15, 0.2) is 23.0 Å². The van der Waals surface area contributed by atoms with Gasteiger partial charge in [0.05, 0.1) is 0 Å². The lowest BCUT2D eigenvalue weighted by atomic mass is 9.90. The van der Waals surface area contributed by atoms with Gasteiger partial charge in [-0.05, 0) is 30.5 Å². The molecule has 4 heteroatoms. The van der Waals surface area contributed by atoms with Gasteiger partial charge in [-0.25, -0.2) is 4.79 Å². The van der Waals surface area contributed by atoms with Gasteiger partial charge in [0.2, 0.25) is 0 Å². The van der Waals surface area contributed by atoms with Crippen LogP contribution in [0.2, 0.25) is 0 Å². The van der Waals surface area contributed by atoms with E-state index in [0.29, 0.717) is 18.0 Å². The maximum absolute atomic E-state index is 12.6. The molecule has 0 unspecified atom stereocenters. The van der Waals surface area contributed by atoms with Crippen molar-refractivity contribution in [1.29, 1.82) is 0 Å². The Hall–Kier alpha value is -1.84. The van der Waals surface area contributed by atoms with E-state index in [2.05, 4.69) is 34.6 Å². The van der Waals surface area contributed by atoms with E-state index in [1.165, 1.54) is 6.08 Å². The SMILES string of the molecule is CC(C)CCn1c(C(C)(C)C)ccc(/C=C/C(=O)O)c1=O. The summed E-state index contributed by atoms with van der Waals surface area (Å²) in [4.78, 5) is 23.2. The summed E-state index contributed by atoms with van der Waals surface area (Å²) in [5.41, 5.74) is 1.13. The quantitative estimate of drug-likeness (QED) is 0.847. The molecule has 0 aliphatic rings. The van der Waals surface area contributed by atoms with E-state index in [9.17, 15) is 9.59 Å². The molecule has 0 saturated heterocycles. The second-order valence-corrected chi connectivity index (χ2v) is 6.73. The van der Waals surface area contributed by atoms with Crippen molar-refractivity contribution in [3.05, 3.63) is 39.8 Å². The number of hydrogen-bond acceptors (Lipinski definition) is 2. The van der Waals surface area contributed by atoms with Gasteiger partial charge in [-0.1, -0.05) is 34.6 Å². The first-order valence-electron chi connectivity index (χ1n) is 7.28. The van der Waals surface area contributed by atoms with E-state index < -0.39 is 5.97 Å². The first-order chi connectivity index (χ1) is 9.62. The van der Waals surface area contributed by atoms with Gasteiger partial charge in [-0.15, -0.1) is 0 Å². The Kier molecular flexibility index (Phi) is 5.53. The van der Waals surface area contributed by atoms with E-state index in [4.69, 9.17) is 5.11 Å². The number of pyridine rings is 1. The van der Waals surface area contributed by atoms with Crippen LogP contribution in [-0.4, -0.2) is 15.6 Å². The van der Waals surface area contributed by atoms with Gasteiger partial charge in [0.1, 0.15) is 0 Å². The number of carbonyl (C=O) groups is 1. The fraction of sp³-hybridized carbons (Fsp3) is 0.529. The minimum absolute atomic E-state index is 0.124. The second kappa shape index (κ2) is 6.74. The Labute approximate surface area is 126 Å². The molecule has 4 nitrogen and oxygen atoms in total. The molecule has 1 aromatic heterocycles. The lowest BCUT2D eigenvalue weighted by Crippen LogP contribution is -2.31. The summed E-state index contributed by atoms with van der Waals surface area (Å²) in [6, 6.07) is 3.62. The van der Waals surface area contributed by atoms with Crippen molar-refractivity contribution in [2.24, 2.45) is 5.92 Å². The minimum Gasteiger partial charge on any atom is -0.478 e. The number of aliphatic carboxylic acids is 1. The van der Waals surface area contributed by atoms with Crippen molar-refractivity contribution >= 4 is 12.0 Å². The molecule has 0 bridgehead atoms. The number of rotatable bonds is 5. The third kappa shape index (κ3) is 4.88. The summed E-state index contributed by atoms with van der Waals surface area (Å²) in [7, 11) is 0. The van der Waals surface area contributed by atoms with Crippen LogP contribution in [0.1, 0.15) is 52.3 Å². The molecule has 0 amide bonds. The van der Waals surface area contributed by atoms with Gasteiger partial charge in [0, 0.05) is 29.3 Å². The van der Waals surface area contributed by atoms with Crippen LogP contribution in [0.25, 0.3) is 6.08 Å². The third-order valence-electron chi connectivity index (χ3n) is 3.31. The van der Waals surface area contributed by atoms with Gasteiger partial charge in [-0.3, -0.25) is 4.79 Å². The zero-order chi connectivity index (χ0) is 16.2. The molecular formula is C17H25NO3. The highest BCUT2D eigenvalue weighted by molar-refractivity contribution is 5.85. The van der Waals surface area contributed by atoms with E-state index in [-0.39, 0.29) is 11.0 Å². The summed E-state index contributed by atoms with van der Waals surface area (Å²) in [6.45, 7) is 11.1. The molecule has 0 aliphatic heterocycles. The molecule has 1 heterocycles. The molecule has 1 rings (SSSR count). The highest BCUT2D eigenvalue weighted by Crippen LogP contribution is 2.22. The van der Waals surface area contributed by atoms with Crippen molar-refractivity contribution < 1.29 is 9.90 Å². The molecule has 0 radical (unpaired) electrons. The zero-order valence-electron chi connectivity index (χ0n) is 13.5. The summed E-state index contributed by atoms with van der Waals surface area (Å²) >= 11 is 0. The molecule has 0 atom stereocenters. The predicted octanol–water partition coefficient (Wildman–Crippen LogP) is 3.29. The molecule has 0 fully saturated rings. The Bertz CT molecular complexity index is 589. The maximum Gasteiger partial charge on any atom is 0.328 e. The highest BCUT2D eigenvalue weighted by atomic mass is 16.4. The summed E-state index contributed by atoms with van der Waals surface area (Å²) in [5.74, 6) is -0.550. The Morgan fingerprint density at radius 3 is 2.43 bits per heavy atom. The molecule has 0 spiro atoms. The standard InChI is InChI=1S/C17H25NO3/c1-12(2)10-11-18-14(17(3,4)5)8-6-13(16(18)21)7-9-15(19)20/h6-9,12H,10-11H2,1-5H3,(H,19,20)/b9-7+. The number of carboxylic acids is 1. The van der Waals surface area contributed by atoms with Gasteiger partial charge in [0.15, 0.2) is 0 Å². The van der Waals surface area contributed by atoms with Gasteiger partial charge < -0.3 is 9.67 Å². The number of nitrogens with zero attached hydrogens (tertiary/aromatic N) is 1. The van der Waals surface area contributed by atoms with Crippen molar-refractivity contribution in [3.63, 3.8) is 0 Å². The van der Waals surface area contributed by atoms with Gasteiger partial charge >= 0.3 is 5.97 Å². The molecule has 0 saturated carbocycles. The zero-order valence-corrected chi connectivity index (χ0v) is 13.5. The predicted molar refractivity (Wildman–Crippen MR) is 85.5 cm³/mol. The monoisotopic (exact) mass is 291 g/mol. The average Bonchev–Trinajstić information content (AvgIpc) is 2.33. The molecule has 0 aromatic carbocycles. The van der Waals surface area contributed by atoms with Crippen LogP contribution in [0.4, 0.5) is 0 Å². The van der Waals surface area contributed by atoms with Crippen molar-refractivity contribution in [2.75, 3.05) is 0 Å². The normalized spacial score (nSPS) is 12.3. The molecular weight excluding hydrogens is 266 g/mol. The summed E-state index contributed by atoms with van der Waals surface area (Å²) in [5, 5.41) is 8.70. The lowest BCUT2D eigenvalue weighted by Gasteiger charge is -2.25. The molecule has 116 valence electrons. The van der Waals surface area contributed by atoms with E-state index >= 15 is 0 Å². The van der Waals surface area contributed by atoms with Crippen molar-refractivity contribution in [1.82, 2.24) is 4.57 Å². The summed E-state index contributed by atoms with van der Waals surface area (Å²) < 4.78 is 1.78. The molecule has 1 N–H and O–H groups in total. The number of aromatic nitrogens is 1. The van der Waals surface area contributed by atoms with E-state index in [1.54, 1.807) is 10.6 Å². The molecule has 21 heavy (non-hydrogen) atoms. The fourth-order valence-electron chi connectivity index (χ4n) is 2.15. The Morgan fingerprint density at radius 1 is 1.33 bits per heavy atom. The third-order valence-corrected chi connectivity index (χ3v) is 3.31. The maximum atomic E-state index is 12.6. The molecule has 1 aromatic rings. The first kappa shape index (κ1) is 17.2. The van der Waals surface area contributed by atoms with Crippen LogP contribution >= 0.6 is 0 Å². The van der Waals surface area contributed by atoms with Crippen LogP contribution in [0, 0.1) is 5.92 Å². The first-order valence-corrected chi connectivity index (χ1v) is 7.28. The number of hydrogen-bond donors (Lipinski definition) is 1. The van der Waals surface area contributed by atoms with Crippen LogP contribution < -0.4 is 5.56 Å². The smallest absolute Gasteiger partial charge is 0.328 e. The largest absolute Gasteiger partial charge is 0.478 e. The topological polar surface area (TPSA) is 59.3 Å².